The number of nitrogens with zero attached hydrogens (tertiary/aromatic N) is 1. The van der Waals surface area contributed by atoms with Crippen LogP contribution in [-0.4, -0.2) is 34.1 Å². The Labute approximate surface area is 254 Å². The van der Waals surface area contributed by atoms with Crippen molar-refractivity contribution >= 4 is 11.9 Å². The minimum absolute atomic E-state index is 0.231. The summed E-state index contributed by atoms with van der Waals surface area (Å²) in [5, 5.41) is 11.2. The highest BCUT2D eigenvalue weighted by Crippen LogP contribution is 2.30. The lowest BCUT2D eigenvalue weighted by atomic mass is 10.1. The van der Waals surface area contributed by atoms with Crippen molar-refractivity contribution in [3.8, 4) is 0 Å². The van der Waals surface area contributed by atoms with E-state index >= 15 is 0 Å². The molecule has 0 aliphatic carbocycles. The number of hydrogen-bond acceptors (Lipinski definition) is 5. The fraction of sp³-hybridized carbons (Fsp3) is 0.943. The first-order chi connectivity index (χ1) is 19.8. The highest BCUT2D eigenvalue weighted by molar-refractivity contribution is 5.69. The molecule has 1 N–H and O–H groups in total. The molecule has 0 aromatic rings. The Hall–Kier alpha value is -1.14. The Balaban J connectivity index is 4.47. The van der Waals surface area contributed by atoms with Crippen LogP contribution < -0.4 is 0 Å². The molecule has 0 aromatic heterocycles. The molecule has 0 spiro atoms. The van der Waals surface area contributed by atoms with Gasteiger partial charge in [0.05, 0.1) is 17.7 Å². The van der Waals surface area contributed by atoms with Gasteiger partial charge >= 0.3 is 11.9 Å². The molecule has 0 aliphatic rings. The average molecular weight is 585 g/mol. The van der Waals surface area contributed by atoms with E-state index in [1.54, 1.807) is 6.92 Å². The molecule has 0 heterocycles. The predicted octanol–water partition coefficient (Wildman–Crippen LogP) is 10.7. The molecule has 0 aliphatic heterocycles. The Morgan fingerprint density at radius 1 is 0.512 bits per heavy atom. The quantitative estimate of drug-likeness (QED) is 0.0393. The van der Waals surface area contributed by atoms with E-state index in [0.717, 1.165) is 38.5 Å². The van der Waals surface area contributed by atoms with Crippen molar-refractivity contribution in [3.05, 3.63) is 0 Å². The Morgan fingerprint density at radius 3 is 1.07 bits per heavy atom. The number of aliphatic hydroxyl groups is 1. The molecule has 0 aromatic carbocycles. The zero-order chi connectivity index (χ0) is 30.7. The van der Waals surface area contributed by atoms with Crippen LogP contribution >= 0.6 is 0 Å². The van der Waals surface area contributed by atoms with Gasteiger partial charge in [-0.1, -0.05) is 156 Å². The number of hydroxylamine groups is 4. The molecule has 6 heteroatoms. The van der Waals surface area contributed by atoms with Crippen LogP contribution in [0.5, 0.6) is 0 Å². The van der Waals surface area contributed by atoms with Crippen molar-refractivity contribution in [1.29, 1.82) is 0 Å². The smallest absolute Gasteiger partial charge is 0.337 e. The minimum atomic E-state index is -1.50. The molecule has 0 saturated carbocycles. The summed E-state index contributed by atoms with van der Waals surface area (Å²) in [6.45, 7) is 10.1. The van der Waals surface area contributed by atoms with Crippen LogP contribution in [0.3, 0.4) is 0 Å². The van der Waals surface area contributed by atoms with Gasteiger partial charge < -0.3 is 5.11 Å². The maximum Gasteiger partial charge on any atom is 0.372 e. The van der Waals surface area contributed by atoms with E-state index < -0.39 is 22.5 Å². The standard InChI is InChI=1S/C35H70NO5/c1-6-10-12-14-16-18-20-22-24-26-28-30-33(37)40-36(32-8-3,35(5,39)9-4)41-34(38)31-29-27-25-23-21-19-17-15-13-11-7-2/h39H,6-32H2,1-5H3/q+1. The topological polar surface area (TPSA) is 72.8 Å². The Morgan fingerprint density at radius 2 is 0.805 bits per heavy atom. The van der Waals surface area contributed by atoms with Crippen LogP contribution in [0.15, 0.2) is 0 Å². The second-order valence-electron chi connectivity index (χ2n) is 12.5. The Bertz CT molecular complexity index is 582. The number of carbonyl (C=O) groups is 2. The summed E-state index contributed by atoms with van der Waals surface area (Å²) in [5.74, 6) is -0.823. The molecule has 0 bridgehead atoms. The van der Waals surface area contributed by atoms with Crippen molar-refractivity contribution in [2.24, 2.45) is 0 Å². The molecule has 0 saturated heterocycles. The SMILES string of the molecule is CCCCCCCCCCCCCC(=O)O[N+](CCC)(OC(=O)CCCCCCCCCCCCC)C(C)(O)CC. The van der Waals surface area contributed by atoms with Gasteiger partial charge in [-0.3, -0.25) is 0 Å². The number of hydrogen-bond donors (Lipinski definition) is 1. The largest absolute Gasteiger partial charge is 0.372 e. The summed E-state index contributed by atoms with van der Waals surface area (Å²) < 4.78 is 0. The fourth-order valence-electron chi connectivity index (χ4n) is 5.37. The van der Waals surface area contributed by atoms with Gasteiger partial charge in [0.25, 0.3) is 5.72 Å². The van der Waals surface area contributed by atoms with Crippen LogP contribution in [0.4, 0.5) is 0 Å². The lowest BCUT2D eigenvalue weighted by Gasteiger charge is -2.39. The average Bonchev–Trinajstić information content (AvgIpc) is 2.94. The third-order valence-electron chi connectivity index (χ3n) is 8.39. The van der Waals surface area contributed by atoms with Crippen LogP contribution in [0, 0.1) is 0 Å². The molecule has 1 unspecified atom stereocenters. The summed E-state index contributed by atoms with van der Waals surface area (Å²) in [6, 6.07) is 0. The monoisotopic (exact) mass is 585 g/mol. The van der Waals surface area contributed by atoms with Crippen LogP contribution in [0.2, 0.25) is 0 Å². The molecular formula is C35H70NO5+. The first-order valence-corrected chi connectivity index (χ1v) is 17.8. The predicted molar refractivity (Wildman–Crippen MR) is 171 cm³/mol. The van der Waals surface area contributed by atoms with E-state index in [-0.39, 0.29) is 19.4 Å². The zero-order valence-corrected chi connectivity index (χ0v) is 28.1. The van der Waals surface area contributed by atoms with Crippen LogP contribution in [0.25, 0.3) is 0 Å². The highest BCUT2D eigenvalue weighted by atomic mass is 17.0. The summed E-state index contributed by atoms with van der Waals surface area (Å²) >= 11 is 0. The number of rotatable bonds is 30. The van der Waals surface area contributed by atoms with Gasteiger partial charge in [0, 0.05) is 19.8 Å². The number of quaternary nitrogens is 1. The van der Waals surface area contributed by atoms with Crippen LogP contribution in [0.1, 0.15) is 202 Å². The number of unbranched alkanes of at least 4 members (excludes halogenated alkanes) is 20. The second kappa shape index (κ2) is 26.5. The maximum atomic E-state index is 12.9. The normalized spacial score (nSPS) is 13.2. The summed E-state index contributed by atoms with van der Waals surface area (Å²) in [6.07, 6.45) is 28.1. The van der Waals surface area contributed by atoms with Gasteiger partial charge in [0.15, 0.2) is 6.54 Å². The third-order valence-corrected chi connectivity index (χ3v) is 8.39. The van der Waals surface area contributed by atoms with E-state index in [4.69, 9.17) is 9.68 Å². The molecule has 0 amide bonds. The van der Waals surface area contributed by atoms with Gasteiger partial charge in [0.2, 0.25) is 0 Å². The molecule has 0 rings (SSSR count). The van der Waals surface area contributed by atoms with Gasteiger partial charge in [-0.25, -0.2) is 19.3 Å². The zero-order valence-electron chi connectivity index (χ0n) is 28.1. The summed E-state index contributed by atoms with van der Waals surface area (Å²) in [7, 11) is 0. The van der Waals surface area contributed by atoms with Gasteiger partial charge in [0.1, 0.15) is 0 Å². The molecule has 6 nitrogen and oxygen atoms in total. The lowest BCUT2D eigenvalue weighted by molar-refractivity contribution is -1.26. The van der Waals surface area contributed by atoms with E-state index in [1.807, 2.05) is 13.8 Å². The molecule has 244 valence electrons. The first kappa shape index (κ1) is 39.9. The van der Waals surface area contributed by atoms with E-state index in [0.29, 0.717) is 12.8 Å². The summed E-state index contributed by atoms with van der Waals surface area (Å²) in [5.41, 5.74) is -1.50. The van der Waals surface area contributed by atoms with Gasteiger partial charge in [-0.2, -0.15) is 0 Å². The van der Waals surface area contributed by atoms with Crippen molar-refractivity contribution < 1.29 is 29.2 Å². The summed E-state index contributed by atoms with van der Waals surface area (Å²) in [4.78, 5) is 36.5. The molecule has 0 radical (unpaired) electrons. The van der Waals surface area contributed by atoms with Crippen molar-refractivity contribution in [3.63, 3.8) is 0 Å². The van der Waals surface area contributed by atoms with Crippen molar-refractivity contribution in [1.82, 2.24) is 0 Å². The molecule has 41 heavy (non-hydrogen) atoms. The Kier molecular flexibility index (Phi) is 25.7. The lowest BCUT2D eigenvalue weighted by Crippen LogP contribution is -2.64. The minimum Gasteiger partial charge on any atom is -0.337 e. The molecule has 1 atom stereocenters. The van der Waals surface area contributed by atoms with Crippen molar-refractivity contribution in [2.45, 2.75) is 207 Å². The molecule has 0 fully saturated rings. The van der Waals surface area contributed by atoms with E-state index in [2.05, 4.69) is 13.8 Å². The first-order valence-electron chi connectivity index (χ1n) is 17.8. The maximum absolute atomic E-state index is 12.9. The van der Waals surface area contributed by atoms with E-state index in [1.165, 1.54) is 103 Å². The second-order valence-corrected chi connectivity index (χ2v) is 12.5. The van der Waals surface area contributed by atoms with Gasteiger partial charge in [-0.15, -0.1) is 0 Å². The molecular weight excluding hydrogens is 514 g/mol. The van der Waals surface area contributed by atoms with Gasteiger partial charge in [-0.05, 0) is 12.8 Å². The highest BCUT2D eigenvalue weighted by Gasteiger charge is 2.54. The third kappa shape index (κ3) is 20.4. The van der Waals surface area contributed by atoms with Crippen molar-refractivity contribution in [2.75, 3.05) is 6.54 Å². The van der Waals surface area contributed by atoms with E-state index in [9.17, 15) is 14.7 Å². The fourth-order valence-corrected chi connectivity index (χ4v) is 5.37. The van der Waals surface area contributed by atoms with Crippen LogP contribution in [-0.2, 0) is 19.3 Å². The number of carbonyl (C=O) groups excluding carboxylic acids is 2.